The molecule has 1 unspecified atom stereocenters. The number of nitrogens with one attached hydrogen (secondary N) is 1. The van der Waals surface area contributed by atoms with E-state index in [2.05, 4.69) is 22.2 Å². The quantitative estimate of drug-likeness (QED) is 0.939. The number of carbonyl (C=O) groups excluding carboxylic acids is 1. The Hall–Kier alpha value is -1.85. The molecule has 1 amide bonds. The highest BCUT2D eigenvalue weighted by molar-refractivity contribution is 6.30. The van der Waals surface area contributed by atoms with Crippen molar-refractivity contribution in [3.8, 4) is 5.69 Å². The Labute approximate surface area is 141 Å². The van der Waals surface area contributed by atoms with Crippen molar-refractivity contribution < 1.29 is 4.79 Å². The van der Waals surface area contributed by atoms with Crippen LogP contribution in [0.5, 0.6) is 0 Å². The number of halogens is 1. The van der Waals surface area contributed by atoms with Gasteiger partial charge in [-0.1, -0.05) is 11.6 Å². The van der Waals surface area contributed by atoms with Crippen molar-refractivity contribution in [3.05, 3.63) is 46.2 Å². The largest absolute Gasteiger partial charge is 0.351 e. The van der Waals surface area contributed by atoms with Gasteiger partial charge in [-0.2, -0.15) is 5.10 Å². The van der Waals surface area contributed by atoms with Gasteiger partial charge in [0.05, 0.1) is 17.9 Å². The van der Waals surface area contributed by atoms with Crippen LogP contribution in [0.15, 0.2) is 24.3 Å². The Morgan fingerprint density at radius 1 is 1.30 bits per heavy atom. The molecule has 1 aliphatic rings. The molecule has 1 aromatic heterocycles. The third kappa shape index (κ3) is 3.41. The van der Waals surface area contributed by atoms with Gasteiger partial charge in [-0.05, 0) is 45.0 Å². The Morgan fingerprint density at radius 2 is 2.00 bits per heavy atom. The number of piperazine rings is 1. The zero-order valence-electron chi connectivity index (χ0n) is 13.6. The number of benzene rings is 1. The second-order valence-electron chi connectivity index (χ2n) is 6.18. The molecule has 2 heterocycles. The molecule has 0 radical (unpaired) electrons. The van der Waals surface area contributed by atoms with Crippen LogP contribution in [0.2, 0.25) is 5.02 Å². The first kappa shape index (κ1) is 16.0. The van der Waals surface area contributed by atoms with Crippen molar-refractivity contribution in [2.24, 2.45) is 0 Å². The summed E-state index contributed by atoms with van der Waals surface area (Å²) in [5.41, 5.74) is 4.27. The van der Waals surface area contributed by atoms with E-state index in [0.29, 0.717) is 11.6 Å². The highest BCUT2D eigenvalue weighted by Crippen LogP contribution is 2.21. The van der Waals surface area contributed by atoms with Crippen molar-refractivity contribution in [1.82, 2.24) is 20.0 Å². The van der Waals surface area contributed by atoms with Crippen LogP contribution in [-0.4, -0.2) is 39.7 Å². The van der Waals surface area contributed by atoms with Gasteiger partial charge in [-0.15, -0.1) is 0 Å². The van der Waals surface area contributed by atoms with E-state index in [1.807, 2.05) is 42.8 Å². The van der Waals surface area contributed by atoms with Gasteiger partial charge in [0.2, 0.25) is 5.91 Å². The number of carbonyl (C=O) groups is 1. The first-order chi connectivity index (χ1) is 10.9. The zero-order valence-corrected chi connectivity index (χ0v) is 14.4. The monoisotopic (exact) mass is 332 g/mol. The SMILES string of the molecule is Cc1nn(-c2ccc(Cl)cc2)c(C)c1CN1CC(=O)NC(C)C1. The molecular weight excluding hydrogens is 312 g/mol. The van der Waals surface area contributed by atoms with Crippen molar-refractivity contribution in [2.45, 2.75) is 33.4 Å². The molecule has 3 rings (SSSR count). The third-order valence-electron chi connectivity index (χ3n) is 4.20. The molecule has 1 aliphatic heterocycles. The summed E-state index contributed by atoms with van der Waals surface area (Å²) in [4.78, 5) is 13.9. The first-order valence-corrected chi connectivity index (χ1v) is 8.14. The van der Waals surface area contributed by atoms with Gasteiger partial charge in [0, 0.05) is 35.4 Å². The molecule has 1 saturated heterocycles. The van der Waals surface area contributed by atoms with Gasteiger partial charge < -0.3 is 5.32 Å². The summed E-state index contributed by atoms with van der Waals surface area (Å²) >= 11 is 5.96. The molecule has 0 aliphatic carbocycles. The Bertz CT molecular complexity index is 723. The van der Waals surface area contributed by atoms with Gasteiger partial charge >= 0.3 is 0 Å². The molecule has 1 atom stereocenters. The van der Waals surface area contributed by atoms with E-state index in [9.17, 15) is 4.79 Å². The third-order valence-corrected chi connectivity index (χ3v) is 4.45. The van der Waals surface area contributed by atoms with Gasteiger partial charge in [0.15, 0.2) is 0 Å². The van der Waals surface area contributed by atoms with Crippen LogP contribution in [0, 0.1) is 13.8 Å². The summed E-state index contributed by atoms with van der Waals surface area (Å²) in [6, 6.07) is 7.83. The maximum atomic E-state index is 11.7. The van der Waals surface area contributed by atoms with Crippen molar-refractivity contribution in [1.29, 1.82) is 0 Å². The van der Waals surface area contributed by atoms with Crippen molar-refractivity contribution >= 4 is 17.5 Å². The normalized spacial score (nSPS) is 19.0. The van der Waals surface area contributed by atoms with Gasteiger partial charge in [-0.25, -0.2) is 4.68 Å². The molecule has 6 heteroatoms. The summed E-state index contributed by atoms with van der Waals surface area (Å²) in [7, 11) is 0. The van der Waals surface area contributed by atoms with E-state index < -0.39 is 0 Å². The lowest BCUT2D eigenvalue weighted by molar-refractivity contribution is -0.125. The summed E-state index contributed by atoms with van der Waals surface area (Å²) in [6.07, 6.45) is 0. The van der Waals surface area contributed by atoms with Crippen LogP contribution in [0.4, 0.5) is 0 Å². The molecular formula is C17H21ClN4O. The van der Waals surface area contributed by atoms with Crippen LogP contribution < -0.4 is 5.32 Å². The van der Waals surface area contributed by atoms with E-state index in [0.717, 1.165) is 30.2 Å². The molecule has 2 aromatic rings. The number of hydrogen-bond donors (Lipinski definition) is 1. The Kier molecular flexibility index (Phi) is 4.41. The second-order valence-corrected chi connectivity index (χ2v) is 6.61. The maximum Gasteiger partial charge on any atom is 0.234 e. The van der Waals surface area contributed by atoms with Crippen LogP contribution in [0.3, 0.4) is 0 Å². The minimum Gasteiger partial charge on any atom is -0.351 e. The maximum absolute atomic E-state index is 11.7. The average molecular weight is 333 g/mol. The van der Waals surface area contributed by atoms with E-state index in [4.69, 9.17) is 11.6 Å². The molecule has 0 saturated carbocycles. The fraction of sp³-hybridized carbons (Fsp3) is 0.412. The Balaban J connectivity index is 1.86. The molecule has 0 bridgehead atoms. The topological polar surface area (TPSA) is 50.2 Å². The lowest BCUT2D eigenvalue weighted by Crippen LogP contribution is -2.52. The van der Waals surface area contributed by atoms with Gasteiger partial charge in [0.1, 0.15) is 0 Å². The van der Waals surface area contributed by atoms with Crippen LogP contribution in [0.25, 0.3) is 5.69 Å². The highest BCUT2D eigenvalue weighted by Gasteiger charge is 2.23. The number of hydrogen-bond acceptors (Lipinski definition) is 3. The number of nitrogens with zero attached hydrogens (tertiary/aromatic N) is 3. The molecule has 1 aromatic carbocycles. The summed E-state index contributed by atoms with van der Waals surface area (Å²) in [6.45, 7) is 8.15. The number of amides is 1. The number of rotatable bonds is 3. The van der Waals surface area contributed by atoms with Crippen molar-refractivity contribution in [2.75, 3.05) is 13.1 Å². The number of aromatic nitrogens is 2. The molecule has 5 nitrogen and oxygen atoms in total. The van der Waals surface area contributed by atoms with E-state index in [-0.39, 0.29) is 11.9 Å². The lowest BCUT2D eigenvalue weighted by Gasteiger charge is -2.31. The standard InChI is InChI=1S/C17H21ClN4O/c1-11-8-21(10-17(23)19-11)9-16-12(2)20-22(13(16)3)15-6-4-14(18)5-7-15/h4-7,11H,8-10H2,1-3H3,(H,19,23). The fourth-order valence-electron chi connectivity index (χ4n) is 3.10. The molecule has 23 heavy (non-hydrogen) atoms. The highest BCUT2D eigenvalue weighted by atomic mass is 35.5. The smallest absolute Gasteiger partial charge is 0.234 e. The molecule has 122 valence electrons. The predicted molar refractivity (Wildman–Crippen MR) is 90.9 cm³/mol. The minimum atomic E-state index is 0.0872. The summed E-state index contributed by atoms with van der Waals surface area (Å²) < 4.78 is 1.94. The Morgan fingerprint density at radius 3 is 2.65 bits per heavy atom. The van der Waals surface area contributed by atoms with Crippen LogP contribution >= 0.6 is 11.6 Å². The predicted octanol–water partition coefficient (Wildman–Crippen LogP) is 2.46. The second kappa shape index (κ2) is 6.34. The van der Waals surface area contributed by atoms with E-state index >= 15 is 0 Å². The number of aryl methyl sites for hydroxylation is 1. The molecule has 1 N–H and O–H groups in total. The fourth-order valence-corrected chi connectivity index (χ4v) is 3.23. The van der Waals surface area contributed by atoms with Crippen LogP contribution in [-0.2, 0) is 11.3 Å². The summed E-state index contributed by atoms with van der Waals surface area (Å²) in [5.74, 6) is 0.0872. The molecule has 1 fully saturated rings. The lowest BCUT2D eigenvalue weighted by atomic mass is 10.1. The van der Waals surface area contributed by atoms with Gasteiger partial charge in [0.25, 0.3) is 0 Å². The van der Waals surface area contributed by atoms with Crippen molar-refractivity contribution in [3.63, 3.8) is 0 Å². The van der Waals surface area contributed by atoms with E-state index in [1.54, 1.807) is 0 Å². The van der Waals surface area contributed by atoms with E-state index in [1.165, 1.54) is 5.56 Å². The average Bonchev–Trinajstić information content (AvgIpc) is 2.75. The minimum absolute atomic E-state index is 0.0872. The molecule has 0 spiro atoms. The van der Waals surface area contributed by atoms with Gasteiger partial charge in [-0.3, -0.25) is 9.69 Å². The first-order valence-electron chi connectivity index (χ1n) is 7.77. The summed E-state index contributed by atoms with van der Waals surface area (Å²) in [5, 5.41) is 8.32. The zero-order chi connectivity index (χ0) is 16.6. The van der Waals surface area contributed by atoms with Crippen LogP contribution in [0.1, 0.15) is 23.9 Å².